The van der Waals surface area contributed by atoms with Crippen LogP contribution in [0.15, 0.2) is 54.6 Å². The minimum Gasteiger partial charge on any atom is -0.457 e. The van der Waals surface area contributed by atoms with Crippen LogP contribution in [0.25, 0.3) is 0 Å². The molecule has 2 aromatic rings. The van der Waals surface area contributed by atoms with Crippen molar-refractivity contribution in [1.82, 2.24) is 5.32 Å². The van der Waals surface area contributed by atoms with Gasteiger partial charge in [0.1, 0.15) is 11.5 Å². The number of hydrogen-bond acceptors (Lipinski definition) is 2. The molecule has 20 heavy (non-hydrogen) atoms. The first-order valence-electron chi connectivity index (χ1n) is 7.30. The maximum atomic E-state index is 5.84. The maximum Gasteiger partial charge on any atom is 0.127 e. The molecule has 3 rings (SSSR count). The number of rotatable bonds is 5. The Morgan fingerprint density at radius 2 is 1.60 bits per heavy atom. The Kier molecular flexibility index (Phi) is 3.75. The summed E-state index contributed by atoms with van der Waals surface area (Å²) in [5.74, 6) is 1.78. The van der Waals surface area contributed by atoms with E-state index in [-0.39, 0.29) is 0 Å². The van der Waals surface area contributed by atoms with Crippen LogP contribution < -0.4 is 10.1 Å². The molecule has 0 atom stereocenters. The van der Waals surface area contributed by atoms with E-state index in [1.807, 2.05) is 37.4 Å². The Hall–Kier alpha value is -1.80. The fourth-order valence-electron chi connectivity index (χ4n) is 3.01. The highest BCUT2D eigenvalue weighted by molar-refractivity contribution is 5.37. The van der Waals surface area contributed by atoms with Gasteiger partial charge in [0, 0.05) is 12.0 Å². The monoisotopic (exact) mass is 267 g/mol. The van der Waals surface area contributed by atoms with Gasteiger partial charge in [-0.1, -0.05) is 36.8 Å². The zero-order chi connectivity index (χ0) is 13.8. The second-order valence-corrected chi connectivity index (χ2v) is 5.60. The lowest BCUT2D eigenvalue weighted by Crippen LogP contribution is -2.42. The summed E-state index contributed by atoms with van der Waals surface area (Å²) in [6, 6.07) is 18.5. The molecular formula is C18H21NO. The van der Waals surface area contributed by atoms with E-state index < -0.39 is 0 Å². The minimum absolute atomic E-state index is 0.347. The summed E-state index contributed by atoms with van der Waals surface area (Å²) in [5.41, 5.74) is 1.78. The van der Waals surface area contributed by atoms with E-state index in [2.05, 4.69) is 29.6 Å². The predicted molar refractivity (Wildman–Crippen MR) is 82.4 cm³/mol. The van der Waals surface area contributed by atoms with Gasteiger partial charge in [0.05, 0.1) is 0 Å². The molecule has 0 amide bonds. The normalized spacial score (nSPS) is 16.4. The van der Waals surface area contributed by atoms with Crippen molar-refractivity contribution in [2.75, 3.05) is 13.6 Å². The average Bonchev–Trinajstić information content (AvgIpc) is 2.45. The van der Waals surface area contributed by atoms with Gasteiger partial charge in [0.15, 0.2) is 0 Å². The number of likely N-dealkylation sites (N-methyl/N-ethyl adjacent to an activating group) is 1. The van der Waals surface area contributed by atoms with Crippen molar-refractivity contribution in [2.24, 2.45) is 0 Å². The zero-order valence-corrected chi connectivity index (χ0v) is 11.9. The molecule has 0 radical (unpaired) electrons. The molecule has 1 saturated carbocycles. The van der Waals surface area contributed by atoms with Crippen LogP contribution in [0.2, 0.25) is 0 Å². The molecule has 1 N–H and O–H groups in total. The highest BCUT2D eigenvalue weighted by Crippen LogP contribution is 2.43. The number of hydrogen-bond donors (Lipinski definition) is 1. The van der Waals surface area contributed by atoms with Crippen molar-refractivity contribution >= 4 is 0 Å². The van der Waals surface area contributed by atoms with Crippen LogP contribution in [0.3, 0.4) is 0 Å². The van der Waals surface area contributed by atoms with E-state index in [1.54, 1.807) is 0 Å². The Balaban J connectivity index is 1.74. The molecule has 0 saturated heterocycles. The highest BCUT2D eigenvalue weighted by atomic mass is 16.5. The topological polar surface area (TPSA) is 21.3 Å². The predicted octanol–water partition coefficient (Wildman–Crippen LogP) is 4.12. The summed E-state index contributed by atoms with van der Waals surface area (Å²) in [6.07, 6.45) is 3.91. The first-order valence-corrected chi connectivity index (χ1v) is 7.30. The molecule has 0 aromatic heterocycles. The second kappa shape index (κ2) is 5.68. The van der Waals surface area contributed by atoms with Gasteiger partial charge < -0.3 is 10.1 Å². The van der Waals surface area contributed by atoms with Crippen molar-refractivity contribution in [3.8, 4) is 11.5 Å². The van der Waals surface area contributed by atoms with Crippen LogP contribution in [-0.2, 0) is 5.41 Å². The summed E-state index contributed by atoms with van der Waals surface area (Å²) in [4.78, 5) is 0. The van der Waals surface area contributed by atoms with Crippen molar-refractivity contribution in [3.63, 3.8) is 0 Å². The maximum absolute atomic E-state index is 5.84. The lowest BCUT2D eigenvalue weighted by atomic mass is 9.64. The first kappa shape index (κ1) is 13.2. The Bertz CT molecular complexity index is 543. The van der Waals surface area contributed by atoms with Crippen molar-refractivity contribution < 1.29 is 4.74 Å². The average molecular weight is 267 g/mol. The molecule has 0 unspecified atom stereocenters. The van der Waals surface area contributed by atoms with Crippen molar-refractivity contribution in [2.45, 2.75) is 24.7 Å². The Morgan fingerprint density at radius 1 is 0.950 bits per heavy atom. The van der Waals surface area contributed by atoms with Gasteiger partial charge in [0.25, 0.3) is 0 Å². The van der Waals surface area contributed by atoms with Crippen LogP contribution in [-0.4, -0.2) is 13.6 Å². The Labute approximate surface area is 120 Å². The summed E-state index contributed by atoms with van der Waals surface area (Å²) in [7, 11) is 2.03. The van der Waals surface area contributed by atoms with E-state index in [0.29, 0.717) is 5.41 Å². The van der Waals surface area contributed by atoms with Crippen LogP contribution in [0.1, 0.15) is 24.8 Å². The minimum atomic E-state index is 0.347. The number of nitrogens with one attached hydrogen (secondary N) is 1. The van der Waals surface area contributed by atoms with Crippen LogP contribution in [0.5, 0.6) is 11.5 Å². The molecule has 0 heterocycles. The standard InChI is InChI=1S/C18H21NO/c1-19-14-18(12-5-13-18)15-8-10-17(11-9-15)20-16-6-3-2-4-7-16/h2-4,6-11,19H,5,12-14H2,1H3. The number of benzene rings is 2. The Morgan fingerprint density at radius 3 is 2.15 bits per heavy atom. The van der Waals surface area contributed by atoms with Gasteiger partial charge in [0.2, 0.25) is 0 Å². The molecule has 0 bridgehead atoms. The van der Waals surface area contributed by atoms with Gasteiger partial charge in [-0.05, 0) is 49.7 Å². The molecule has 0 aliphatic heterocycles. The van der Waals surface area contributed by atoms with Crippen molar-refractivity contribution in [3.05, 3.63) is 60.2 Å². The third-order valence-electron chi connectivity index (χ3n) is 4.27. The van der Waals surface area contributed by atoms with Crippen LogP contribution in [0.4, 0.5) is 0 Å². The summed E-state index contributed by atoms with van der Waals surface area (Å²) < 4.78 is 5.84. The van der Waals surface area contributed by atoms with Gasteiger partial charge >= 0.3 is 0 Å². The highest BCUT2D eigenvalue weighted by Gasteiger charge is 2.37. The number of para-hydroxylation sites is 1. The van der Waals surface area contributed by atoms with Crippen LogP contribution >= 0.6 is 0 Å². The first-order chi connectivity index (χ1) is 9.82. The lowest BCUT2D eigenvalue weighted by Gasteiger charge is -2.42. The molecule has 2 nitrogen and oxygen atoms in total. The SMILES string of the molecule is CNCC1(c2ccc(Oc3ccccc3)cc2)CCC1. The zero-order valence-electron chi connectivity index (χ0n) is 11.9. The third kappa shape index (κ3) is 2.56. The molecule has 1 aliphatic rings. The van der Waals surface area contributed by atoms with E-state index in [4.69, 9.17) is 4.74 Å². The molecular weight excluding hydrogens is 246 g/mol. The number of ether oxygens (including phenoxy) is 1. The third-order valence-corrected chi connectivity index (χ3v) is 4.27. The molecule has 104 valence electrons. The van der Waals surface area contributed by atoms with Gasteiger partial charge in [-0.2, -0.15) is 0 Å². The van der Waals surface area contributed by atoms with Gasteiger partial charge in [-0.15, -0.1) is 0 Å². The van der Waals surface area contributed by atoms with Crippen LogP contribution in [0, 0.1) is 0 Å². The van der Waals surface area contributed by atoms with Gasteiger partial charge in [-0.3, -0.25) is 0 Å². The molecule has 0 spiro atoms. The molecule has 2 heteroatoms. The fraction of sp³-hybridized carbons (Fsp3) is 0.333. The summed E-state index contributed by atoms with van der Waals surface area (Å²) in [5, 5.41) is 3.33. The van der Waals surface area contributed by atoms with E-state index in [9.17, 15) is 0 Å². The fourth-order valence-corrected chi connectivity index (χ4v) is 3.01. The molecule has 1 aliphatic carbocycles. The smallest absolute Gasteiger partial charge is 0.127 e. The largest absolute Gasteiger partial charge is 0.457 e. The molecule has 1 fully saturated rings. The molecule has 2 aromatic carbocycles. The van der Waals surface area contributed by atoms with E-state index >= 15 is 0 Å². The second-order valence-electron chi connectivity index (χ2n) is 5.60. The summed E-state index contributed by atoms with van der Waals surface area (Å²) >= 11 is 0. The summed E-state index contributed by atoms with van der Waals surface area (Å²) in [6.45, 7) is 1.06. The lowest BCUT2D eigenvalue weighted by molar-refractivity contribution is 0.239. The quantitative estimate of drug-likeness (QED) is 0.880. The van der Waals surface area contributed by atoms with E-state index in [0.717, 1.165) is 18.0 Å². The van der Waals surface area contributed by atoms with Gasteiger partial charge in [-0.25, -0.2) is 0 Å². The van der Waals surface area contributed by atoms with E-state index in [1.165, 1.54) is 24.8 Å². The van der Waals surface area contributed by atoms with Crippen molar-refractivity contribution in [1.29, 1.82) is 0 Å².